The molecule has 0 fully saturated rings. The lowest BCUT2D eigenvalue weighted by Crippen LogP contribution is -2.17. The Balaban J connectivity index is 2.53. The van der Waals surface area contributed by atoms with Crippen LogP contribution >= 0.6 is 11.6 Å². The van der Waals surface area contributed by atoms with Crippen molar-refractivity contribution in [2.45, 2.75) is 26.2 Å². The van der Waals surface area contributed by atoms with Gasteiger partial charge in [-0.15, -0.1) is 0 Å². The molecule has 0 spiro atoms. The zero-order valence-corrected chi connectivity index (χ0v) is 12.8. The van der Waals surface area contributed by atoms with Crippen LogP contribution in [0.5, 0.6) is 0 Å². The number of carboxylic acid groups (broad SMARTS) is 1. The van der Waals surface area contributed by atoms with Crippen molar-refractivity contribution in [2.24, 2.45) is 0 Å². The summed E-state index contributed by atoms with van der Waals surface area (Å²) in [4.78, 5) is 19.0. The summed E-state index contributed by atoms with van der Waals surface area (Å²) in [6.07, 6.45) is 0.276. The molecule has 0 aliphatic rings. The van der Waals surface area contributed by atoms with Crippen molar-refractivity contribution in [2.75, 3.05) is 5.32 Å². The van der Waals surface area contributed by atoms with Gasteiger partial charge in [0.05, 0.1) is 5.69 Å². The van der Waals surface area contributed by atoms with Crippen molar-refractivity contribution < 1.29 is 9.90 Å². The molecule has 2 rings (SSSR count). The quantitative estimate of drug-likeness (QED) is 0.816. The predicted molar refractivity (Wildman–Crippen MR) is 82.8 cm³/mol. The average Bonchev–Trinajstić information content (AvgIpc) is 2.36. The second-order valence-corrected chi connectivity index (χ2v) is 6.05. The lowest BCUT2D eigenvalue weighted by atomic mass is 9.85. The Labute approximate surface area is 128 Å². The summed E-state index contributed by atoms with van der Waals surface area (Å²) in [5, 5.41) is 11.8. The second-order valence-electron chi connectivity index (χ2n) is 5.67. The van der Waals surface area contributed by atoms with Crippen LogP contribution in [0.3, 0.4) is 0 Å². The summed E-state index contributed by atoms with van der Waals surface area (Å²) in [5.74, 6) is 0. The normalized spacial score (nSPS) is 11.2. The number of hydrogen-bond acceptors (Lipinski definition) is 3. The van der Waals surface area contributed by atoms with E-state index in [1.165, 1.54) is 6.33 Å². The summed E-state index contributed by atoms with van der Waals surface area (Å²) >= 11 is 5.86. The Morgan fingerprint density at radius 1 is 1.24 bits per heavy atom. The molecule has 21 heavy (non-hydrogen) atoms. The van der Waals surface area contributed by atoms with Crippen molar-refractivity contribution in [3.8, 4) is 11.3 Å². The van der Waals surface area contributed by atoms with Crippen LogP contribution in [0.1, 0.15) is 26.3 Å². The Bertz CT molecular complexity index is 681. The van der Waals surface area contributed by atoms with Crippen LogP contribution in [-0.2, 0) is 5.41 Å². The van der Waals surface area contributed by atoms with Gasteiger partial charge >= 0.3 is 6.09 Å². The lowest BCUT2D eigenvalue weighted by molar-refractivity contribution is 0.209. The molecule has 0 saturated heterocycles. The average molecular weight is 306 g/mol. The first-order chi connectivity index (χ1) is 9.77. The predicted octanol–water partition coefficient (Wildman–Crippen LogP) is 4.18. The number of nitrogens with one attached hydrogen (secondary N) is 1. The van der Waals surface area contributed by atoms with Gasteiger partial charge in [-0.1, -0.05) is 44.5 Å². The Hall–Kier alpha value is -2.14. The summed E-state index contributed by atoms with van der Waals surface area (Å²) in [6, 6.07) is 7.19. The molecule has 0 aliphatic carbocycles. The molecule has 0 bridgehead atoms. The van der Waals surface area contributed by atoms with Crippen molar-refractivity contribution in [1.29, 1.82) is 0 Å². The monoisotopic (exact) mass is 305 g/mol. The molecule has 0 unspecified atom stereocenters. The minimum absolute atomic E-state index is 0.181. The molecule has 0 atom stereocenters. The van der Waals surface area contributed by atoms with Gasteiger partial charge < -0.3 is 5.11 Å². The molecule has 0 saturated carbocycles. The summed E-state index contributed by atoms with van der Waals surface area (Å²) < 4.78 is 0. The molecule has 1 aromatic carbocycles. The number of rotatable bonds is 2. The van der Waals surface area contributed by atoms with Gasteiger partial charge in [-0.2, -0.15) is 0 Å². The van der Waals surface area contributed by atoms with Gasteiger partial charge in [0.15, 0.2) is 0 Å². The molecular formula is C15H16ClN3O2. The molecule has 2 N–H and O–H groups in total. The second kappa shape index (κ2) is 5.69. The van der Waals surface area contributed by atoms with Crippen LogP contribution in [0, 0.1) is 0 Å². The standard InChI is InChI=1S/C15H16ClN3O2/c1-15(2,3)10-5-4-9(6-12(10)19-14(20)21)11-7-13(16)18-8-17-11/h4-8,19H,1-3H3,(H,20,21). The van der Waals surface area contributed by atoms with E-state index in [2.05, 4.69) is 15.3 Å². The number of hydrogen-bond donors (Lipinski definition) is 2. The molecule has 5 nitrogen and oxygen atoms in total. The van der Waals surface area contributed by atoms with Crippen LogP contribution in [0.4, 0.5) is 10.5 Å². The number of anilines is 1. The van der Waals surface area contributed by atoms with Gasteiger partial charge in [0, 0.05) is 17.3 Å². The van der Waals surface area contributed by atoms with Crippen LogP contribution in [-0.4, -0.2) is 21.2 Å². The molecule has 110 valence electrons. The van der Waals surface area contributed by atoms with E-state index in [9.17, 15) is 4.79 Å². The van der Waals surface area contributed by atoms with E-state index in [1.54, 1.807) is 12.1 Å². The highest BCUT2D eigenvalue weighted by Gasteiger charge is 2.19. The van der Waals surface area contributed by atoms with Gasteiger partial charge in [0.1, 0.15) is 11.5 Å². The van der Waals surface area contributed by atoms with Crippen molar-refractivity contribution >= 4 is 23.4 Å². The van der Waals surface area contributed by atoms with E-state index < -0.39 is 6.09 Å². The van der Waals surface area contributed by atoms with Gasteiger partial charge in [-0.25, -0.2) is 14.8 Å². The van der Waals surface area contributed by atoms with Crippen LogP contribution in [0.15, 0.2) is 30.6 Å². The van der Waals surface area contributed by atoms with E-state index in [0.717, 1.165) is 11.1 Å². The zero-order valence-electron chi connectivity index (χ0n) is 12.0. The number of carbonyl (C=O) groups is 1. The fraction of sp³-hybridized carbons (Fsp3) is 0.267. The Kier molecular flexibility index (Phi) is 4.14. The van der Waals surface area contributed by atoms with Crippen molar-refractivity contribution in [1.82, 2.24) is 9.97 Å². The van der Waals surface area contributed by atoms with Gasteiger partial charge in [0.2, 0.25) is 0 Å². The largest absolute Gasteiger partial charge is 0.465 e. The lowest BCUT2D eigenvalue weighted by Gasteiger charge is -2.23. The smallest absolute Gasteiger partial charge is 0.409 e. The summed E-state index contributed by atoms with van der Waals surface area (Å²) in [5.41, 5.74) is 2.69. The van der Waals surface area contributed by atoms with E-state index in [4.69, 9.17) is 16.7 Å². The Morgan fingerprint density at radius 2 is 1.95 bits per heavy atom. The number of halogens is 1. The number of nitrogens with zero attached hydrogens (tertiary/aromatic N) is 2. The molecule has 2 aromatic rings. The molecule has 1 amide bonds. The van der Waals surface area contributed by atoms with E-state index >= 15 is 0 Å². The fourth-order valence-corrected chi connectivity index (χ4v) is 2.21. The zero-order chi connectivity index (χ0) is 15.6. The maximum absolute atomic E-state index is 11.0. The van der Waals surface area contributed by atoms with Gasteiger partial charge in [-0.3, -0.25) is 5.32 Å². The van der Waals surface area contributed by atoms with Crippen LogP contribution < -0.4 is 5.32 Å². The minimum Gasteiger partial charge on any atom is -0.465 e. The molecule has 1 aromatic heterocycles. The third-order valence-electron chi connectivity index (χ3n) is 3.00. The van der Waals surface area contributed by atoms with Gasteiger partial charge in [-0.05, 0) is 17.0 Å². The third kappa shape index (κ3) is 3.70. The molecule has 0 aliphatic heterocycles. The van der Waals surface area contributed by atoms with E-state index in [1.807, 2.05) is 32.9 Å². The third-order valence-corrected chi connectivity index (χ3v) is 3.21. The minimum atomic E-state index is -1.10. The first kappa shape index (κ1) is 15.3. The Morgan fingerprint density at radius 3 is 2.52 bits per heavy atom. The van der Waals surface area contributed by atoms with Crippen molar-refractivity contribution in [3.63, 3.8) is 0 Å². The number of amides is 1. The number of aromatic nitrogens is 2. The van der Waals surface area contributed by atoms with Crippen LogP contribution in [0.2, 0.25) is 5.15 Å². The topological polar surface area (TPSA) is 75.1 Å². The first-order valence-electron chi connectivity index (χ1n) is 6.40. The summed E-state index contributed by atoms with van der Waals surface area (Å²) in [7, 11) is 0. The highest BCUT2D eigenvalue weighted by molar-refractivity contribution is 6.29. The highest BCUT2D eigenvalue weighted by atomic mass is 35.5. The maximum Gasteiger partial charge on any atom is 0.409 e. The summed E-state index contributed by atoms with van der Waals surface area (Å²) in [6.45, 7) is 6.07. The molecule has 1 heterocycles. The van der Waals surface area contributed by atoms with Crippen LogP contribution in [0.25, 0.3) is 11.3 Å². The fourth-order valence-electron chi connectivity index (χ4n) is 2.07. The highest BCUT2D eigenvalue weighted by Crippen LogP contribution is 2.33. The maximum atomic E-state index is 11.0. The SMILES string of the molecule is CC(C)(C)c1ccc(-c2cc(Cl)ncn2)cc1NC(=O)O. The number of benzene rings is 1. The van der Waals surface area contributed by atoms with Crippen molar-refractivity contribution in [3.05, 3.63) is 41.3 Å². The van der Waals surface area contributed by atoms with E-state index in [0.29, 0.717) is 16.5 Å². The van der Waals surface area contributed by atoms with Gasteiger partial charge in [0.25, 0.3) is 0 Å². The molecule has 0 radical (unpaired) electrons. The molecular weight excluding hydrogens is 290 g/mol. The molecule has 6 heteroatoms. The first-order valence-corrected chi connectivity index (χ1v) is 6.77. The van der Waals surface area contributed by atoms with E-state index in [-0.39, 0.29) is 5.41 Å².